The van der Waals surface area contributed by atoms with Gasteiger partial charge in [-0.25, -0.2) is 0 Å². The van der Waals surface area contributed by atoms with Gasteiger partial charge in [-0.3, -0.25) is 0 Å². The first kappa shape index (κ1) is 13.0. The zero-order valence-corrected chi connectivity index (χ0v) is 12.2. The first-order valence-electron chi connectivity index (χ1n) is 6.58. The van der Waals surface area contributed by atoms with Crippen LogP contribution in [0.5, 0.6) is 0 Å². The van der Waals surface area contributed by atoms with E-state index < -0.39 is 0 Å². The molecule has 1 aromatic carbocycles. The van der Waals surface area contributed by atoms with Gasteiger partial charge in [-0.15, -0.1) is 11.3 Å². The van der Waals surface area contributed by atoms with Gasteiger partial charge < -0.3 is 15.8 Å². The molecule has 1 aliphatic rings. The molecule has 5 heteroatoms. The molecule has 0 spiro atoms. The van der Waals surface area contributed by atoms with Gasteiger partial charge in [-0.1, -0.05) is 16.8 Å². The van der Waals surface area contributed by atoms with E-state index in [0.29, 0.717) is 0 Å². The van der Waals surface area contributed by atoms with Crippen molar-refractivity contribution in [1.82, 2.24) is 0 Å². The van der Waals surface area contributed by atoms with Crippen molar-refractivity contribution in [2.24, 2.45) is 10.9 Å². The van der Waals surface area contributed by atoms with Crippen LogP contribution in [0.15, 0.2) is 34.8 Å². The van der Waals surface area contributed by atoms with Gasteiger partial charge in [-0.05, 0) is 42.5 Å². The highest BCUT2D eigenvalue weighted by molar-refractivity contribution is 7.10. The van der Waals surface area contributed by atoms with Crippen LogP contribution in [-0.4, -0.2) is 17.6 Å². The number of nitrogens with two attached hydrogens (primary N) is 1. The molecule has 2 aromatic rings. The zero-order chi connectivity index (χ0) is 14.1. The maximum absolute atomic E-state index is 8.97. The number of thiophene rings is 1. The molecule has 0 aliphatic carbocycles. The number of oxime groups is 1. The van der Waals surface area contributed by atoms with Crippen LogP contribution in [0.2, 0.25) is 0 Å². The van der Waals surface area contributed by atoms with E-state index in [-0.39, 0.29) is 5.84 Å². The number of aryl methyl sites for hydroxylation is 1. The minimum atomic E-state index is 0.166. The Morgan fingerprint density at radius 3 is 3.05 bits per heavy atom. The van der Waals surface area contributed by atoms with Gasteiger partial charge in [-0.2, -0.15) is 0 Å². The Hall–Kier alpha value is -2.01. The van der Waals surface area contributed by atoms with Crippen molar-refractivity contribution in [2.75, 3.05) is 11.4 Å². The third kappa shape index (κ3) is 2.25. The van der Waals surface area contributed by atoms with E-state index in [4.69, 9.17) is 10.9 Å². The number of benzene rings is 1. The number of fused-ring (bicyclic) bond motifs is 1. The topological polar surface area (TPSA) is 61.8 Å². The fraction of sp³-hybridized carbons (Fsp3) is 0.267. The number of hydrogen-bond donors (Lipinski definition) is 2. The van der Waals surface area contributed by atoms with E-state index >= 15 is 0 Å². The normalized spacial score (nSPS) is 15.2. The number of anilines is 1. The summed E-state index contributed by atoms with van der Waals surface area (Å²) < 4.78 is 0. The highest BCUT2D eigenvalue weighted by Crippen LogP contribution is 2.30. The molecular weight excluding hydrogens is 270 g/mol. The zero-order valence-electron chi connectivity index (χ0n) is 11.3. The summed E-state index contributed by atoms with van der Waals surface area (Å²) in [6, 6.07) is 8.27. The Bertz CT molecular complexity index is 663. The Morgan fingerprint density at radius 2 is 2.25 bits per heavy atom. The summed E-state index contributed by atoms with van der Waals surface area (Å²) in [4.78, 5) is 3.76. The van der Waals surface area contributed by atoms with E-state index in [1.54, 1.807) is 0 Å². The first-order chi connectivity index (χ1) is 9.69. The lowest BCUT2D eigenvalue weighted by molar-refractivity contribution is 0.318. The molecule has 0 radical (unpaired) electrons. The maximum atomic E-state index is 8.97. The van der Waals surface area contributed by atoms with Crippen LogP contribution in [0.3, 0.4) is 0 Å². The summed E-state index contributed by atoms with van der Waals surface area (Å²) in [5.74, 6) is 0.166. The molecule has 0 amide bonds. The summed E-state index contributed by atoms with van der Waals surface area (Å²) in [6.07, 6.45) is 1.05. The number of amidine groups is 1. The predicted molar refractivity (Wildman–Crippen MR) is 82.8 cm³/mol. The molecule has 4 nitrogen and oxygen atoms in total. The van der Waals surface area contributed by atoms with Crippen molar-refractivity contribution in [3.8, 4) is 0 Å². The minimum absolute atomic E-state index is 0.166. The van der Waals surface area contributed by atoms with Crippen molar-refractivity contribution < 1.29 is 5.21 Å². The molecule has 3 rings (SSSR count). The van der Waals surface area contributed by atoms with Crippen molar-refractivity contribution in [2.45, 2.75) is 19.9 Å². The molecule has 0 unspecified atom stereocenters. The fourth-order valence-corrected chi connectivity index (χ4v) is 3.53. The Labute approximate surface area is 122 Å². The third-order valence-corrected chi connectivity index (χ3v) is 4.71. The minimum Gasteiger partial charge on any atom is -0.409 e. The SMILES string of the molecule is Cc1ccc(N2CCc3sccc3C2)c(/C(N)=N/O)c1. The van der Waals surface area contributed by atoms with Crippen LogP contribution in [-0.2, 0) is 13.0 Å². The van der Waals surface area contributed by atoms with Crippen molar-refractivity contribution in [3.05, 3.63) is 51.2 Å². The number of nitrogens with zero attached hydrogens (tertiary/aromatic N) is 2. The van der Waals surface area contributed by atoms with E-state index in [0.717, 1.165) is 36.3 Å². The van der Waals surface area contributed by atoms with Crippen LogP contribution < -0.4 is 10.6 Å². The average Bonchev–Trinajstić information content (AvgIpc) is 2.93. The van der Waals surface area contributed by atoms with Crippen LogP contribution in [0.25, 0.3) is 0 Å². The highest BCUT2D eigenvalue weighted by atomic mass is 32.1. The molecule has 0 atom stereocenters. The lowest BCUT2D eigenvalue weighted by Crippen LogP contribution is -2.31. The van der Waals surface area contributed by atoms with Gasteiger partial charge in [0.25, 0.3) is 0 Å². The standard InChI is InChI=1S/C15H17N3OS/c1-10-2-3-13(12(8-10)15(16)17-19)18-6-4-14-11(9-18)5-7-20-14/h2-3,5,7-8,19H,4,6,9H2,1H3,(H2,16,17). The number of rotatable bonds is 2. The third-order valence-electron chi connectivity index (χ3n) is 3.68. The Kier molecular flexibility index (Phi) is 3.36. The van der Waals surface area contributed by atoms with E-state index in [1.807, 2.05) is 24.3 Å². The van der Waals surface area contributed by atoms with Crippen LogP contribution >= 0.6 is 11.3 Å². The quantitative estimate of drug-likeness (QED) is 0.386. The van der Waals surface area contributed by atoms with E-state index in [9.17, 15) is 0 Å². The summed E-state index contributed by atoms with van der Waals surface area (Å²) in [7, 11) is 0. The Balaban J connectivity index is 1.99. The lowest BCUT2D eigenvalue weighted by atomic mass is 10.0. The molecule has 0 saturated heterocycles. The summed E-state index contributed by atoms with van der Waals surface area (Å²) in [5.41, 5.74) is 10.1. The molecular formula is C15H17N3OS. The van der Waals surface area contributed by atoms with Crippen LogP contribution in [0.1, 0.15) is 21.6 Å². The molecule has 1 aliphatic heterocycles. The maximum Gasteiger partial charge on any atom is 0.172 e. The van der Waals surface area contributed by atoms with Gasteiger partial charge in [0, 0.05) is 29.2 Å². The van der Waals surface area contributed by atoms with Crippen LogP contribution in [0.4, 0.5) is 5.69 Å². The molecule has 2 heterocycles. The van der Waals surface area contributed by atoms with Gasteiger partial charge >= 0.3 is 0 Å². The van der Waals surface area contributed by atoms with Crippen LogP contribution in [0, 0.1) is 6.92 Å². The fourth-order valence-electron chi connectivity index (χ4n) is 2.64. The molecule has 20 heavy (non-hydrogen) atoms. The average molecular weight is 287 g/mol. The number of hydrogen-bond acceptors (Lipinski definition) is 4. The second kappa shape index (κ2) is 5.17. The second-order valence-electron chi connectivity index (χ2n) is 5.05. The van der Waals surface area contributed by atoms with Crippen molar-refractivity contribution >= 4 is 22.9 Å². The van der Waals surface area contributed by atoms with Gasteiger partial charge in [0.1, 0.15) is 0 Å². The van der Waals surface area contributed by atoms with E-state index in [1.165, 1.54) is 10.4 Å². The molecule has 0 bridgehead atoms. The molecule has 0 saturated carbocycles. The summed E-state index contributed by atoms with van der Waals surface area (Å²) in [6.45, 7) is 3.85. The lowest BCUT2D eigenvalue weighted by Gasteiger charge is -2.30. The molecule has 0 fully saturated rings. The summed E-state index contributed by atoms with van der Waals surface area (Å²) in [5, 5.41) is 14.3. The van der Waals surface area contributed by atoms with Gasteiger partial charge in [0.15, 0.2) is 5.84 Å². The van der Waals surface area contributed by atoms with Gasteiger partial charge in [0.05, 0.1) is 0 Å². The molecule has 3 N–H and O–H groups in total. The largest absolute Gasteiger partial charge is 0.409 e. The summed E-state index contributed by atoms with van der Waals surface area (Å²) >= 11 is 1.82. The smallest absolute Gasteiger partial charge is 0.172 e. The Morgan fingerprint density at radius 1 is 1.40 bits per heavy atom. The predicted octanol–water partition coefficient (Wildman–Crippen LogP) is 2.71. The van der Waals surface area contributed by atoms with E-state index in [2.05, 4.69) is 33.6 Å². The monoisotopic (exact) mass is 287 g/mol. The second-order valence-corrected chi connectivity index (χ2v) is 6.05. The molecule has 104 valence electrons. The van der Waals surface area contributed by atoms with Crippen molar-refractivity contribution in [3.63, 3.8) is 0 Å². The highest BCUT2D eigenvalue weighted by Gasteiger charge is 2.20. The first-order valence-corrected chi connectivity index (χ1v) is 7.45. The molecule has 1 aromatic heterocycles. The van der Waals surface area contributed by atoms with Gasteiger partial charge in [0.2, 0.25) is 0 Å². The van der Waals surface area contributed by atoms with Crippen molar-refractivity contribution in [1.29, 1.82) is 0 Å².